The smallest absolute Gasteiger partial charge is 0.0471 e. The maximum Gasteiger partial charge on any atom is 0.0471 e. The normalized spacial score (nSPS) is 26.3. The van der Waals surface area contributed by atoms with Crippen molar-refractivity contribution in [2.24, 2.45) is 5.73 Å². The minimum atomic E-state index is 0.371. The fourth-order valence-electron chi connectivity index (χ4n) is 3.48. The molecule has 3 nitrogen and oxygen atoms in total. The highest BCUT2D eigenvalue weighted by Gasteiger charge is 2.33. The monoisotopic (exact) mass is 323 g/mol. The maximum atomic E-state index is 6.04. The van der Waals surface area contributed by atoms with Gasteiger partial charge in [0.1, 0.15) is 0 Å². The summed E-state index contributed by atoms with van der Waals surface area (Å²) in [5.74, 6) is 0. The quantitative estimate of drug-likeness (QED) is 0.925. The van der Waals surface area contributed by atoms with E-state index in [1.807, 2.05) is 0 Å². The Morgan fingerprint density at radius 2 is 2.00 bits per heavy atom. The van der Waals surface area contributed by atoms with Crippen molar-refractivity contribution in [2.75, 3.05) is 32.7 Å². The second-order valence-corrected chi connectivity index (χ2v) is 6.55. The summed E-state index contributed by atoms with van der Waals surface area (Å²) < 4.78 is 1.13. The van der Waals surface area contributed by atoms with E-state index < -0.39 is 0 Å². The minimum Gasteiger partial charge on any atom is -0.329 e. The van der Waals surface area contributed by atoms with Gasteiger partial charge in [-0.1, -0.05) is 28.1 Å². The Labute approximate surface area is 123 Å². The van der Waals surface area contributed by atoms with E-state index in [1.165, 1.54) is 38.0 Å². The summed E-state index contributed by atoms with van der Waals surface area (Å²) >= 11 is 3.50. The van der Waals surface area contributed by atoms with Crippen LogP contribution in [0, 0.1) is 0 Å². The lowest BCUT2D eigenvalue weighted by Gasteiger charge is -2.41. The average Bonchev–Trinajstić information content (AvgIpc) is 2.89. The van der Waals surface area contributed by atoms with Crippen LogP contribution in [0.5, 0.6) is 0 Å². The molecule has 4 heteroatoms. The molecule has 1 aromatic rings. The fraction of sp³-hybridized carbons (Fsp3) is 0.600. The third-order valence-electron chi connectivity index (χ3n) is 4.54. The van der Waals surface area contributed by atoms with E-state index in [2.05, 4.69) is 50.0 Å². The van der Waals surface area contributed by atoms with Crippen LogP contribution in [0.1, 0.15) is 24.4 Å². The molecule has 0 radical (unpaired) electrons. The number of nitrogens with two attached hydrogens (primary N) is 1. The largest absolute Gasteiger partial charge is 0.329 e. The number of fused-ring (bicyclic) bond motifs is 1. The van der Waals surface area contributed by atoms with Crippen molar-refractivity contribution in [3.05, 3.63) is 34.3 Å². The zero-order chi connectivity index (χ0) is 13.2. The predicted octanol–water partition coefficient (Wildman–Crippen LogP) is 2.23. The van der Waals surface area contributed by atoms with Gasteiger partial charge in [-0.25, -0.2) is 0 Å². The Morgan fingerprint density at radius 3 is 2.74 bits per heavy atom. The van der Waals surface area contributed by atoms with Crippen LogP contribution in [0.15, 0.2) is 28.7 Å². The van der Waals surface area contributed by atoms with E-state index in [4.69, 9.17) is 5.73 Å². The molecule has 0 bridgehead atoms. The molecule has 104 valence electrons. The van der Waals surface area contributed by atoms with E-state index in [-0.39, 0.29) is 0 Å². The number of nitrogens with zero attached hydrogens (tertiary/aromatic N) is 2. The predicted molar refractivity (Wildman–Crippen MR) is 82.1 cm³/mol. The molecule has 0 saturated carbocycles. The van der Waals surface area contributed by atoms with Gasteiger partial charge in [-0.3, -0.25) is 9.80 Å². The highest BCUT2D eigenvalue weighted by atomic mass is 79.9. The Balaban J connectivity index is 1.73. The highest BCUT2D eigenvalue weighted by Crippen LogP contribution is 2.28. The summed E-state index contributed by atoms with van der Waals surface area (Å²) in [7, 11) is 0. The van der Waals surface area contributed by atoms with E-state index in [9.17, 15) is 0 Å². The number of piperazine rings is 1. The van der Waals surface area contributed by atoms with Gasteiger partial charge in [0, 0.05) is 42.7 Å². The molecule has 19 heavy (non-hydrogen) atoms. The van der Waals surface area contributed by atoms with Crippen LogP contribution in [-0.2, 0) is 0 Å². The van der Waals surface area contributed by atoms with Crippen molar-refractivity contribution in [1.29, 1.82) is 0 Å². The molecule has 2 atom stereocenters. The molecule has 2 heterocycles. The highest BCUT2D eigenvalue weighted by molar-refractivity contribution is 9.10. The maximum absolute atomic E-state index is 6.04. The second-order valence-electron chi connectivity index (χ2n) is 5.63. The molecule has 0 aromatic heterocycles. The Kier molecular flexibility index (Phi) is 4.22. The molecule has 2 aliphatic heterocycles. The molecule has 2 aliphatic rings. The fourth-order valence-corrected chi connectivity index (χ4v) is 3.74. The van der Waals surface area contributed by atoms with Crippen LogP contribution in [-0.4, -0.2) is 48.6 Å². The molecular weight excluding hydrogens is 302 g/mol. The summed E-state index contributed by atoms with van der Waals surface area (Å²) in [4.78, 5) is 5.22. The number of hydrogen-bond donors (Lipinski definition) is 1. The molecule has 2 N–H and O–H groups in total. The van der Waals surface area contributed by atoms with Crippen molar-refractivity contribution in [1.82, 2.24) is 9.80 Å². The summed E-state index contributed by atoms with van der Waals surface area (Å²) in [6.07, 6.45) is 2.72. The van der Waals surface area contributed by atoms with Crippen LogP contribution in [0.2, 0.25) is 0 Å². The van der Waals surface area contributed by atoms with Crippen molar-refractivity contribution in [3.63, 3.8) is 0 Å². The zero-order valence-electron chi connectivity index (χ0n) is 11.3. The van der Waals surface area contributed by atoms with Crippen LogP contribution in [0.3, 0.4) is 0 Å². The van der Waals surface area contributed by atoms with E-state index in [1.54, 1.807) is 0 Å². The first-order chi connectivity index (χ1) is 9.28. The summed E-state index contributed by atoms with van der Waals surface area (Å²) in [6.45, 7) is 5.53. The minimum absolute atomic E-state index is 0.371. The van der Waals surface area contributed by atoms with Gasteiger partial charge in [0.25, 0.3) is 0 Å². The molecule has 2 saturated heterocycles. The van der Waals surface area contributed by atoms with E-state index in [0.29, 0.717) is 12.6 Å². The molecule has 0 aliphatic carbocycles. The first kappa shape index (κ1) is 13.6. The van der Waals surface area contributed by atoms with Gasteiger partial charge < -0.3 is 5.73 Å². The van der Waals surface area contributed by atoms with Crippen LogP contribution < -0.4 is 5.73 Å². The Morgan fingerprint density at radius 1 is 1.21 bits per heavy atom. The Bertz CT molecular complexity index is 420. The number of benzene rings is 1. The summed E-state index contributed by atoms with van der Waals surface area (Å²) in [6, 6.07) is 9.76. The van der Waals surface area contributed by atoms with Crippen LogP contribution in [0.4, 0.5) is 0 Å². The first-order valence-electron chi connectivity index (χ1n) is 7.21. The van der Waals surface area contributed by atoms with Gasteiger partial charge >= 0.3 is 0 Å². The van der Waals surface area contributed by atoms with Gasteiger partial charge in [-0.2, -0.15) is 0 Å². The second kappa shape index (κ2) is 5.92. The summed E-state index contributed by atoms with van der Waals surface area (Å²) in [5.41, 5.74) is 7.39. The van der Waals surface area contributed by atoms with Crippen molar-refractivity contribution in [2.45, 2.75) is 24.9 Å². The molecule has 1 aromatic carbocycles. The third-order valence-corrected chi connectivity index (χ3v) is 5.07. The zero-order valence-corrected chi connectivity index (χ0v) is 12.8. The average molecular weight is 324 g/mol. The van der Waals surface area contributed by atoms with Crippen molar-refractivity contribution < 1.29 is 0 Å². The van der Waals surface area contributed by atoms with Crippen molar-refractivity contribution >= 4 is 15.9 Å². The third kappa shape index (κ3) is 2.87. The standard InChI is InChI=1S/C15H22BrN3/c16-13-5-3-12(4-6-13)15(10-17)19-9-8-18-7-1-2-14(18)11-19/h3-6,14-15H,1-2,7-11,17H2. The SMILES string of the molecule is NCC(c1ccc(Br)cc1)N1CCN2CCCC2C1. The van der Waals surface area contributed by atoms with E-state index >= 15 is 0 Å². The van der Waals surface area contributed by atoms with Gasteiger partial charge in [-0.05, 0) is 37.1 Å². The van der Waals surface area contributed by atoms with Crippen LogP contribution >= 0.6 is 15.9 Å². The van der Waals surface area contributed by atoms with Gasteiger partial charge in [0.2, 0.25) is 0 Å². The topological polar surface area (TPSA) is 32.5 Å². The van der Waals surface area contributed by atoms with Gasteiger partial charge in [0.05, 0.1) is 0 Å². The Hall–Kier alpha value is -0.420. The van der Waals surface area contributed by atoms with Crippen LogP contribution in [0.25, 0.3) is 0 Å². The molecule has 2 fully saturated rings. The van der Waals surface area contributed by atoms with Crippen molar-refractivity contribution in [3.8, 4) is 0 Å². The number of halogens is 1. The lowest BCUT2D eigenvalue weighted by atomic mass is 10.0. The van der Waals surface area contributed by atoms with Gasteiger partial charge in [0.15, 0.2) is 0 Å². The summed E-state index contributed by atoms with van der Waals surface area (Å²) in [5, 5.41) is 0. The van der Waals surface area contributed by atoms with Gasteiger partial charge in [-0.15, -0.1) is 0 Å². The first-order valence-corrected chi connectivity index (χ1v) is 8.01. The lowest BCUT2D eigenvalue weighted by molar-refractivity contribution is 0.0737. The molecule has 2 unspecified atom stereocenters. The van der Waals surface area contributed by atoms with E-state index in [0.717, 1.165) is 17.1 Å². The molecular formula is C15H22BrN3. The number of hydrogen-bond acceptors (Lipinski definition) is 3. The number of rotatable bonds is 3. The molecule has 3 rings (SSSR count). The lowest BCUT2D eigenvalue weighted by Crippen LogP contribution is -2.52. The molecule has 0 amide bonds. The molecule has 0 spiro atoms.